The van der Waals surface area contributed by atoms with Crippen LogP contribution in [0.3, 0.4) is 0 Å². The normalized spacial score (nSPS) is 17.8. The number of β-lactam (4-membered cyclic amide) rings is 1. The number of hydrogen-bond acceptors (Lipinski definition) is 10. The maximum Gasteiger partial charge on any atom is 0.408 e. The first kappa shape index (κ1) is 38.8. The predicted molar refractivity (Wildman–Crippen MR) is 203 cm³/mol. The molecule has 3 amide bonds. The van der Waals surface area contributed by atoms with Crippen LogP contribution >= 0.6 is 23.5 Å². The van der Waals surface area contributed by atoms with E-state index in [-0.39, 0.29) is 16.9 Å². The molecule has 1 unspecified atom stereocenters. The van der Waals surface area contributed by atoms with E-state index in [9.17, 15) is 27.6 Å². The molecule has 0 saturated carbocycles. The fourth-order valence-electron chi connectivity index (χ4n) is 5.71. The number of carbonyl (C=O) groups is 4. The second-order valence-corrected chi connectivity index (χ2v) is 17.3. The van der Waals surface area contributed by atoms with Crippen molar-refractivity contribution in [3.63, 3.8) is 0 Å². The van der Waals surface area contributed by atoms with Crippen molar-refractivity contribution in [1.29, 1.82) is 0 Å². The highest BCUT2D eigenvalue weighted by atomic mass is 32.2. The molecule has 2 aliphatic rings. The SMILES string of the molecule is CCSCC1=C(C(=O)OC(c2ccccc2)c2ccccc2)N2C(=O)C(NC(=O)[C@H](NC(=O)OC(C)(C)C)c3cccc(NS(C)(=O)=O)c3)[C@@H]2SC1. The van der Waals surface area contributed by atoms with Crippen molar-refractivity contribution >= 4 is 63.1 Å². The monoisotopic (exact) mass is 766 g/mol. The molecule has 0 aliphatic carbocycles. The van der Waals surface area contributed by atoms with Gasteiger partial charge in [0.25, 0.3) is 5.91 Å². The summed E-state index contributed by atoms with van der Waals surface area (Å²) >= 11 is 3.04. The topological polar surface area (TPSA) is 160 Å². The number of nitrogens with zero attached hydrogens (tertiary/aromatic N) is 1. The Bertz CT molecular complexity index is 1900. The fourth-order valence-corrected chi connectivity index (χ4v) is 8.43. The van der Waals surface area contributed by atoms with Crippen LogP contribution in [0.1, 0.15) is 56.5 Å². The van der Waals surface area contributed by atoms with Crippen LogP contribution in [0.25, 0.3) is 0 Å². The number of anilines is 1. The van der Waals surface area contributed by atoms with E-state index < -0.39 is 63.1 Å². The number of amides is 3. The van der Waals surface area contributed by atoms with Crippen molar-refractivity contribution in [2.24, 2.45) is 0 Å². The number of benzene rings is 3. The summed E-state index contributed by atoms with van der Waals surface area (Å²) in [6, 6.07) is 22.3. The van der Waals surface area contributed by atoms with E-state index in [0.717, 1.165) is 28.7 Å². The molecule has 0 bridgehead atoms. The lowest BCUT2D eigenvalue weighted by atomic mass is 10.00. The molecule has 276 valence electrons. The first-order valence-electron chi connectivity index (χ1n) is 16.6. The number of sulfonamides is 1. The Balaban J connectivity index is 1.41. The first-order chi connectivity index (χ1) is 24.6. The van der Waals surface area contributed by atoms with Gasteiger partial charge in [0.1, 0.15) is 28.8 Å². The number of carbonyl (C=O) groups excluding carboxylic acids is 4. The molecule has 12 nitrogen and oxygen atoms in total. The highest BCUT2D eigenvalue weighted by Gasteiger charge is 2.55. The van der Waals surface area contributed by atoms with E-state index in [1.165, 1.54) is 34.9 Å². The zero-order valence-electron chi connectivity index (χ0n) is 29.5. The Morgan fingerprint density at radius 3 is 2.15 bits per heavy atom. The number of thioether (sulfide) groups is 2. The Labute approximate surface area is 312 Å². The maximum atomic E-state index is 14.2. The lowest BCUT2D eigenvalue weighted by Crippen LogP contribution is -2.71. The van der Waals surface area contributed by atoms with Crippen molar-refractivity contribution in [3.05, 3.63) is 113 Å². The molecule has 3 N–H and O–H groups in total. The number of ether oxygens (including phenoxy) is 2. The summed E-state index contributed by atoms with van der Waals surface area (Å²) in [6.45, 7) is 7.03. The molecule has 0 spiro atoms. The van der Waals surface area contributed by atoms with Gasteiger partial charge in [-0.1, -0.05) is 79.7 Å². The van der Waals surface area contributed by atoms with Crippen molar-refractivity contribution in [2.75, 3.05) is 28.2 Å². The van der Waals surface area contributed by atoms with Gasteiger partial charge in [-0.05, 0) is 60.9 Å². The largest absolute Gasteiger partial charge is 0.448 e. The standard InChI is InChI=1S/C37H42N4O8S3/c1-6-50-21-26-22-51-34-29(33(43)41(34)30(26)35(44)48-31(23-14-9-7-10-15-23)24-16-11-8-12-17-24)38-32(42)28(39-36(45)49-37(2,3)4)25-18-13-19-27(20-25)40-52(5,46)47/h7-20,28-29,31,34,40H,6,21-22H2,1-5H3,(H,38,42)(H,39,45)/t28-,29?,34+/m1/s1. The molecule has 5 rings (SSSR count). The average molecular weight is 767 g/mol. The fraction of sp³-hybridized carbons (Fsp3) is 0.351. The molecule has 52 heavy (non-hydrogen) atoms. The second kappa shape index (κ2) is 16.5. The summed E-state index contributed by atoms with van der Waals surface area (Å²) in [6.07, 6.45) is -0.623. The number of alkyl carbamates (subject to hydrolysis) is 1. The summed E-state index contributed by atoms with van der Waals surface area (Å²) in [5, 5.41) is 4.71. The van der Waals surface area contributed by atoms with Crippen molar-refractivity contribution in [2.45, 2.75) is 56.9 Å². The average Bonchev–Trinajstić information content (AvgIpc) is 3.09. The molecule has 15 heteroatoms. The quantitative estimate of drug-likeness (QED) is 0.153. The van der Waals surface area contributed by atoms with Crippen LogP contribution in [0.5, 0.6) is 0 Å². The highest BCUT2D eigenvalue weighted by Crippen LogP contribution is 2.42. The van der Waals surface area contributed by atoms with Gasteiger partial charge in [-0.2, -0.15) is 11.8 Å². The van der Waals surface area contributed by atoms with Gasteiger partial charge < -0.3 is 20.1 Å². The van der Waals surface area contributed by atoms with Crippen LogP contribution in [0.2, 0.25) is 0 Å². The summed E-state index contributed by atoms with van der Waals surface area (Å²) in [5.41, 5.74) is 2.01. The lowest BCUT2D eigenvalue weighted by molar-refractivity contribution is -0.154. The lowest BCUT2D eigenvalue weighted by Gasteiger charge is -2.50. The smallest absolute Gasteiger partial charge is 0.408 e. The number of rotatable bonds is 13. The van der Waals surface area contributed by atoms with Crippen molar-refractivity contribution in [3.8, 4) is 0 Å². The van der Waals surface area contributed by atoms with Gasteiger partial charge in [-0.15, -0.1) is 11.8 Å². The van der Waals surface area contributed by atoms with Crippen LogP contribution in [0, 0.1) is 0 Å². The van der Waals surface area contributed by atoms with Crippen LogP contribution < -0.4 is 15.4 Å². The molecule has 0 radical (unpaired) electrons. The maximum absolute atomic E-state index is 14.2. The van der Waals surface area contributed by atoms with E-state index >= 15 is 0 Å². The molecule has 3 aromatic rings. The van der Waals surface area contributed by atoms with E-state index in [4.69, 9.17) is 9.47 Å². The Hall–Kier alpha value is -4.47. The summed E-state index contributed by atoms with van der Waals surface area (Å²) < 4.78 is 37.8. The minimum absolute atomic E-state index is 0.167. The molecule has 2 aliphatic heterocycles. The molecule has 3 atom stereocenters. The van der Waals surface area contributed by atoms with Gasteiger partial charge in [0, 0.05) is 17.2 Å². The second-order valence-electron chi connectivity index (χ2n) is 13.2. The number of fused-ring (bicyclic) bond motifs is 1. The molecule has 2 heterocycles. The van der Waals surface area contributed by atoms with E-state index in [1.807, 2.05) is 67.6 Å². The van der Waals surface area contributed by atoms with Gasteiger partial charge in [0.15, 0.2) is 6.10 Å². The molecule has 1 saturated heterocycles. The van der Waals surface area contributed by atoms with Gasteiger partial charge in [0.2, 0.25) is 15.9 Å². The molecule has 0 aromatic heterocycles. The number of nitrogens with one attached hydrogen (secondary N) is 3. The van der Waals surface area contributed by atoms with Gasteiger partial charge in [0.05, 0.1) is 6.26 Å². The highest BCUT2D eigenvalue weighted by molar-refractivity contribution is 8.01. The van der Waals surface area contributed by atoms with Crippen LogP contribution in [0.4, 0.5) is 10.5 Å². The van der Waals surface area contributed by atoms with E-state index in [1.54, 1.807) is 38.6 Å². The third-order valence-corrected chi connectivity index (χ3v) is 10.8. The van der Waals surface area contributed by atoms with Crippen molar-refractivity contribution < 1.29 is 37.1 Å². The summed E-state index contributed by atoms with van der Waals surface area (Å²) in [7, 11) is -3.64. The zero-order chi connectivity index (χ0) is 37.6. The van der Waals surface area contributed by atoms with Crippen molar-refractivity contribution in [1.82, 2.24) is 15.5 Å². The molecular weight excluding hydrogens is 725 g/mol. The Morgan fingerprint density at radius 1 is 0.962 bits per heavy atom. The van der Waals surface area contributed by atoms with Gasteiger partial charge in [-0.3, -0.25) is 19.2 Å². The molecular formula is C37H42N4O8S3. The Morgan fingerprint density at radius 2 is 1.58 bits per heavy atom. The molecule has 1 fully saturated rings. The van der Waals surface area contributed by atoms with Crippen LogP contribution in [-0.4, -0.2) is 77.7 Å². The minimum atomic E-state index is -3.64. The first-order valence-corrected chi connectivity index (χ1v) is 20.7. The number of esters is 1. The third kappa shape index (κ3) is 9.69. The molecule has 3 aromatic carbocycles. The van der Waals surface area contributed by atoms with Crippen LogP contribution in [-0.2, 0) is 33.9 Å². The van der Waals surface area contributed by atoms with E-state index in [2.05, 4.69) is 15.4 Å². The summed E-state index contributed by atoms with van der Waals surface area (Å²) in [5.74, 6) is -0.130. The van der Waals surface area contributed by atoms with Gasteiger partial charge >= 0.3 is 12.1 Å². The Kier molecular flexibility index (Phi) is 12.3. The summed E-state index contributed by atoms with van der Waals surface area (Å²) in [4.78, 5) is 56.3. The number of hydrogen-bond donors (Lipinski definition) is 3. The zero-order valence-corrected chi connectivity index (χ0v) is 31.9. The predicted octanol–water partition coefficient (Wildman–Crippen LogP) is 5.36. The minimum Gasteiger partial charge on any atom is -0.448 e. The van der Waals surface area contributed by atoms with E-state index in [0.29, 0.717) is 11.5 Å². The van der Waals surface area contributed by atoms with Crippen LogP contribution in [0.15, 0.2) is 96.2 Å². The van der Waals surface area contributed by atoms with Gasteiger partial charge in [-0.25, -0.2) is 18.0 Å². The third-order valence-electron chi connectivity index (χ3n) is 7.89.